The van der Waals surface area contributed by atoms with Crippen LogP contribution in [0.4, 0.5) is 0 Å². The Balaban J connectivity index is 2.17. The van der Waals surface area contributed by atoms with Crippen LogP contribution in [0.2, 0.25) is 0 Å². The van der Waals surface area contributed by atoms with Crippen molar-refractivity contribution in [1.29, 1.82) is 0 Å². The Kier molecular flexibility index (Phi) is 6.18. The molecule has 0 spiro atoms. The van der Waals surface area contributed by atoms with Crippen LogP contribution in [-0.4, -0.2) is 44.9 Å². The Morgan fingerprint density at radius 3 is 2.92 bits per heavy atom. The van der Waals surface area contributed by atoms with Gasteiger partial charge in [0.1, 0.15) is 0 Å². The molecule has 24 heavy (non-hydrogen) atoms. The van der Waals surface area contributed by atoms with Gasteiger partial charge in [-0.05, 0) is 44.8 Å². The largest absolute Gasteiger partial charge is 0.374 e. The molecule has 2 rings (SSSR count). The smallest absolute Gasteiger partial charge is 0.208 e. The van der Waals surface area contributed by atoms with Gasteiger partial charge >= 0.3 is 0 Å². The van der Waals surface area contributed by atoms with Crippen molar-refractivity contribution >= 4 is 15.7 Å². The van der Waals surface area contributed by atoms with Crippen molar-refractivity contribution in [1.82, 2.24) is 9.62 Å². The number of nitrogens with zero attached hydrogens (tertiary/aromatic N) is 2. The molecule has 0 saturated carbocycles. The lowest BCUT2D eigenvalue weighted by molar-refractivity contribution is 0.218. The van der Waals surface area contributed by atoms with Gasteiger partial charge in [-0.2, -0.15) is 0 Å². The highest BCUT2D eigenvalue weighted by Crippen LogP contribution is 2.25. The van der Waals surface area contributed by atoms with E-state index in [0.717, 1.165) is 37.2 Å². The Bertz CT molecular complexity index is 715. The molecule has 0 aromatic heterocycles. The third kappa shape index (κ3) is 5.18. The molecule has 5 nitrogen and oxygen atoms in total. The predicted molar refractivity (Wildman–Crippen MR) is 100 cm³/mol. The van der Waals surface area contributed by atoms with Crippen molar-refractivity contribution in [2.75, 3.05) is 25.9 Å². The summed E-state index contributed by atoms with van der Waals surface area (Å²) < 4.78 is 25.3. The second-order valence-electron chi connectivity index (χ2n) is 6.49. The molecule has 1 aliphatic heterocycles. The molecular formula is C18H27N3O2S. The van der Waals surface area contributed by atoms with Gasteiger partial charge in [-0.1, -0.05) is 18.2 Å². The summed E-state index contributed by atoms with van der Waals surface area (Å²) in [5.41, 5.74) is 4.42. The highest BCUT2D eigenvalue weighted by molar-refractivity contribution is 7.88. The first kappa shape index (κ1) is 18.7. The van der Waals surface area contributed by atoms with Crippen LogP contribution in [0, 0.1) is 5.92 Å². The van der Waals surface area contributed by atoms with E-state index in [4.69, 9.17) is 0 Å². The summed E-state index contributed by atoms with van der Waals surface area (Å²) in [7, 11) is -3.13. The number of aliphatic imine (C=N–C) groups is 1. The summed E-state index contributed by atoms with van der Waals surface area (Å²) in [6.07, 6.45) is 11.1. The van der Waals surface area contributed by atoms with Crippen LogP contribution in [0.1, 0.15) is 26.7 Å². The topological polar surface area (TPSA) is 61.8 Å². The van der Waals surface area contributed by atoms with E-state index >= 15 is 0 Å². The fourth-order valence-corrected chi connectivity index (χ4v) is 3.66. The van der Waals surface area contributed by atoms with Gasteiger partial charge in [-0.25, -0.2) is 13.1 Å². The van der Waals surface area contributed by atoms with Crippen molar-refractivity contribution in [2.45, 2.75) is 26.7 Å². The normalized spacial score (nSPS) is 25.6. The van der Waals surface area contributed by atoms with E-state index in [1.54, 1.807) is 6.20 Å². The number of rotatable bonds is 5. The van der Waals surface area contributed by atoms with E-state index in [9.17, 15) is 8.42 Å². The number of nitrogens with one attached hydrogen (secondary N) is 1. The molecule has 1 fully saturated rings. The molecule has 0 aromatic rings. The third-order valence-corrected chi connectivity index (χ3v) is 5.09. The summed E-state index contributed by atoms with van der Waals surface area (Å²) in [6.45, 7) is 10.2. The fourth-order valence-electron chi connectivity index (χ4n) is 3.13. The van der Waals surface area contributed by atoms with Gasteiger partial charge in [-0.3, -0.25) is 4.99 Å². The summed E-state index contributed by atoms with van der Waals surface area (Å²) in [6, 6.07) is 0. The lowest BCUT2D eigenvalue weighted by Gasteiger charge is -2.36. The fraction of sp³-hybridized carbons (Fsp3) is 0.500. The minimum atomic E-state index is -3.13. The summed E-state index contributed by atoms with van der Waals surface area (Å²) in [5.74, 6) is 0.327. The van der Waals surface area contributed by atoms with Gasteiger partial charge in [0.15, 0.2) is 0 Å². The molecule has 1 unspecified atom stereocenters. The lowest BCUT2D eigenvalue weighted by Crippen LogP contribution is -2.40. The highest BCUT2D eigenvalue weighted by Gasteiger charge is 2.23. The van der Waals surface area contributed by atoms with Crippen LogP contribution in [-0.2, 0) is 10.0 Å². The quantitative estimate of drug-likeness (QED) is 0.830. The molecule has 2 aliphatic rings. The second kappa shape index (κ2) is 7.94. The van der Waals surface area contributed by atoms with Crippen LogP contribution >= 0.6 is 0 Å². The summed E-state index contributed by atoms with van der Waals surface area (Å²) in [5, 5.41) is 0. The van der Waals surface area contributed by atoms with Crippen LogP contribution in [0.15, 0.2) is 52.8 Å². The first-order valence-corrected chi connectivity index (χ1v) is 10.1. The van der Waals surface area contributed by atoms with Crippen molar-refractivity contribution in [2.24, 2.45) is 10.9 Å². The van der Waals surface area contributed by atoms with E-state index in [1.807, 2.05) is 12.2 Å². The molecule has 1 N–H and O–H groups in total. The predicted octanol–water partition coefficient (Wildman–Crippen LogP) is 2.62. The number of sulfonamides is 1. The number of hydrogen-bond acceptors (Lipinski definition) is 4. The molecule has 1 heterocycles. The summed E-state index contributed by atoms with van der Waals surface area (Å²) in [4.78, 5) is 6.72. The number of allylic oxidation sites excluding steroid dienone is 6. The van der Waals surface area contributed by atoms with Crippen molar-refractivity contribution in [3.63, 3.8) is 0 Å². The van der Waals surface area contributed by atoms with Crippen molar-refractivity contribution in [3.8, 4) is 0 Å². The molecule has 6 heteroatoms. The Morgan fingerprint density at radius 1 is 1.50 bits per heavy atom. The molecule has 0 aromatic carbocycles. The number of likely N-dealkylation sites (tertiary alicyclic amines) is 1. The maximum atomic E-state index is 11.3. The minimum Gasteiger partial charge on any atom is -0.374 e. The van der Waals surface area contributed by atoms with Gasteiger partial charge in [0.05, 0.1) is 12.0 Å². The zero-order valence-corrected chi connectivity index (χ0v) is 15.6. The van der Waals surface area contributed by atoms with Crippen LogP contribution in [0.5, 0.6) is 0 Å². The van der Waals surface area contributed by atoms with Gasteiger partial charge in [0.25, 0.3) is 0 Å². The average molecular weight is 350 g/mol. The Labute approximate surface area is 145 Å². The van der Waals surface area contributed by atoms with E-state index in [0.29, 0.717) is 12.5 Å². The maximum absolute atomic E-state index is 11.3. The lowest BCUT2D eigenvalue weighted by atomic mass is 9.94. The molecule has 1 atom stereocenters. The standard InChI is InChI=1S/C18H27N3O2S/c1-5-19-18-9-8-14(2)11-17(18)15(3)21-10-6-7-16(13-21)12-20-24(4,22)23/h5,8-9,11,16,20H,1,6-7,10,12-13H2,2-4H3/b17-15+,19-18-. The van der Waals surface area contributed by atoms with Gasteiger partial charge in [-0.15, -0.1) is 0 Å². The zero-order chi connectivity index (χ0) is 17.7. The molecule has 0 amide bonds. The van der Waals surface area contributed by atoms with Gasteiger partial charge < -0.3 is 4.90 Å². The molecule has 0 radical (unpaired) electrons. The van der Waals surface area contributed by atoms with Gasteiger partial charge in [0.2, 0.25) is 10.0 Å². The molecule has 0 bridgehead atoms. The van der Waals surface area contributed by atoms with E-state index in [2.05, 4.69) is 41.1 Å². The van der Waals surface area contributed by atoms with E-state index < -0.39 is 10.0 Å². The SMILES string of the molecule is C=C/N=C1/C=CC(C)=C/C1=C(/C)N1CCCC(CNS(C)(=O)=O)C1. The number of hydrogen-bond donors (Lipinski definition) is 1. The second-order valence-corrected chi connectivity index (χ2v) is 8.33. The van der Waals surface area contributed by atoms with Crippen molar-refractivity contribution < 1.29 is 8.42 Å². The zero-order valence-electron chi connectivity index (χ0n) is 14.7. The maximum Gasteiger partial charge on any atom is 0.208 e. The highest BCUT2D eigenvalue weighted by atomic mass is 32.2. The van der Waals surface area contributed by atoms with Crippen LogP contribution < -0.4 is 4.72 Å². The Hall–Kier alpha value is -1.66. The first-order chi connectivity index (χ1) is 11.3. The summed E-state index contributed by atoms with van der Waals surface area (Å²) >= 11 is 0. The van der Waals surface area contributed by atoms with Crippen LogP contribution in [0.25, 0.3) is 0 Å². The minimum absolute atomic E-state index is 0.327. The molecule has 1 aliphatic carbocycles. The van der Waals surface area contributed by atoms with E-state index in [-0.39, 0.29) is 0 Å². The van der Waals surface area contributed by atoms with Gasteiger partial charge in [0, 0.05) is 37.1 Å². The monoisotopic (exact) mass is 349 g/mol. The first-order valence-electron chi connectivity index (χ1n) is 8.26. The average Bonchev–Trinajstić information content (AvgIpc) is 2.54. The van der Waals surface area contributed by atoms with Crippen LogP contribution in [0.3, 0.4) is 0 Å². The number of piperidine rings is 1. The Morgan fingerprint density at radius 2 is 2.25 bits per heavy atom. The van der Waals surface area contributed by atoms with E-state index in [1.165, 1.54) is 17.5 Å². The molecule has 1 saturated heterocycles. The third-order valence-electron chi connectivity index (χ3n) is 4.40. The molecule has 132 valence electrons. The molecular weight excluding hydrogens is 322 g/mol. The van der Waals surface area contributed by atoms with Crippen molar-refractivity contribution in [3.05, 3.63) is 47.9 Å².